The van der Waals surface area contributed by atoms with Crippen molar-refractivity contribution in [2.24, 2.45) is 4.99 Å². The van der Waals surface area contributed by atoms with Crippen molar-refractivity contribution in [3.8, 4) is 11.8 Å². The van der Waals surface area contributed by atoms with Gasteiger partial charge in [-0.2, -0.15) is 5.26 Å². The summed E-state index contributed by atoms with van der Waals surface area (Å²) in [7, 11) is 0. The predicted molar refractivity (Wildman–Crippen MR) is 92.8 cm³/mol. The number of nitriles is 1. The summed E-state index contributed by atoms with van der Waals surface area (Å²) < 4.78 is 7.17. The lowest BCUT2D eigenvalue weighted by Crippen LogP contribution is -2.37. The van der Waals surface area contributed by atoms with Gasteiger partial charge < -0.3 is 10.1 Å². The third-order valence-electron chi connectivity index (χ3n) is 3.54. The topological polar surface area (TPSA) is 96.5 Å². The van der Waals surface area contributed by atoms with Crippen LogP contribution in [0.5, 0.6) is 5.75 Å². The van der Waals surface area contributed by atoms with Crippen molar-refractivity contribution in [3.63, 3.8) is 0 Å². The molecular formula is C18H16N4O3. The molecule has 7 nitrogen and oxygen atoms in total. The first-order valence-corrected chi connectivity index (χ1v) is 7.63. The van der Waals surface area contributed by atoms with Crippen LogP contribution in [-0.4, -0.2) is 22.0 Å². The Kier molecular flexibility index (Phi) is 3.89. The van der Waals surface area contributed by atoms with Gasteiger partial charge in [-0.3, -0.25) is 14.2 Å². The maximum absolute atomic E-state index is 12.4. The number of rotatable bonds is 1. The zero-order chi connectivity index (χ0) is 18.2. The summed E-state index contributed by atoms with van der Waals surface area (Å²) in [6.45, 7) is 4.94. The highest BCUT2D eigenvalue weighted by Gasteiger charge is 2.29. The summed E-state index contributed by atoms with van der Waals surface area (Å²) in [6, 6.07) is 9.90. The number of aromatic nitrogens is 1. The number of ether oxygens (including phenoxy) is 1. The van der Waals surface area contributed by atoms with Gasteiger partial charge in [0.05, 0.1) is 22.9 Å². The van der Waals surface area contributed by atoms with Gasteiger partial charge in [0.1, 0.15) is 11.6 Å². The van der Waals surface area contributed by atoms with Crippen LogP contribution in [0.15, 0.2) is 46.3 Å². The number of hydrogen-bond acceptors (Lipinski definition) is 5. The summed E-state index contributed by atoms with van der Waals surface area (Å²) in [6.07, 6.45) is 1.51. The number of carbonyl (C=O) groups is 1. The average molecular weight is 336 g/mol. The van der Waals surface area contributed by atoms with Crippen LogP contribution in [0.2, 0.25) is 0 Å². The largest absolute Gasteiger partial charge is 0.466 e. The molecule has 0 unspecified atom stereocenters. The smallest absolute Gasteiger partial charge is 0.256 e. The highest BCUT2D eigenvalue weighted by molar-refractivity contribution is 6.04. The van der Waals surface area contributed by atoms with E-state index in [1.165, 1.54) is 29.8 Å². The van der Waals surface area contributed by atoms with E-state index in [0.717, 1.165) is 0 Å². The Morgan fingerprint density at radius 1 is 1.32 bits per heavy atom. The van der Waals surface area contributed by atoms with Crippen LogP contribution in [0.3, 0.4) is 0 Å². The maximum atomic E-state index is 12.4. The minimum absolute atomic E-state index is 0.244. The van der Waals surface area contributed by atoms with E-state index in [4.69, 9.17) is 10.00 Å². The molecule has 0 saturated heterocycles. The van der Waals surface area contributed by atoms with Crippen molar-refractivity contribution in [1.82, 2.24) is 4.57 Å². The molecule has 3 rings (SSSR count). The monoisotopic (exact) mass is 336 g/mol. The highest BCUT2D eigenvalue weighted by atomic mass is 16.5. The van der Waals surface area contributed by atoms with Crippen LogP contribution >= 0.6 is 0 Å². The zero-order valence-corrected chi connectivity index (χ0v) is 14.0. The molecule has 1 amide bonds. The molecule has 0 atom stereocenters. The fraction of sp³-hybridized carbons (Fsp3) is 0.222. The number of benzene rings is 1. The summed E-state index contributed by atoms with van der Waals surface area (Å²) in [4.78, 5) is 28.2. The van der Waals surface area contributed by atoms with Gasteiger partial charge in [-0.1, -0.05) is 0 Å². The van der Waals surface area contributed by atoms with Crippen LogP contribution < -0.4 is 15.6 Å². The second kappa shape index (κ2) is 5.91. The normalized spacial score (nSPS) is 14.6. The molecule has 1 aliphatic rings. The first-order chi connectivity index (χ1) is 11.8. The van der Waals surface area contributed by atoms with Crippen LogP contribution in [0.4, 0.5) is 5.69 Å². The molecule has 0 saturated carbocycles. The van der Waals surface area contributed by atoms with E-state index in [2.05, 4.69) is 16.4 Å². The van der Waals surface area contributed by atoms with E-state index >= 15 is 0 Å². The van der Waals surface area contributed by atoms with Crippen LogP contribution in [0.1, 0.15) is 31.9 Å². The minimum atomic E-state index is -0.875. The van der Waals surface area contributed by atoms with Gasteiger partial charge in [0.15, 0.2) is 5.72 Å². The van der Waals surface area contributed by atoms with Crippen molar-refractivity contribution in [2.45, 2.75) is 26.5 Å². The van der Waals surface area contributed by atoms with Gasteiger partial charge in [-0.05, 0) is 38.1 Å². The number of aliphatic imine (C=N–C) groups is 1. The second-order valence-corrected chi connectivity index (χ2v) is 6.11. The lowest BCUT2D eigenvalue weighted by molar-refractivity contribution is -0.114. The second-order valence-electron chi connectivity index (χ2n) is 6.11. The highest BCUT2D eigenvalue weighted by Crippen LogP contribution is 2.31. The Hall–Kier alpha value is -3.40. The molecule has 0 fully saturated rings. The predicted octanol–water partition coefficient (Wildman–Crippen LogP) is 2.10. The molecular weight excluding hydrogens is 320 g/mol. The molecule has 1 aliphatic heterocycles. The number of nitrogens with zero attached hydrogens (tertiary/aromatic N) is 3. The standard InChI is InChI=1S/C18H16N4O3/c1-11(23)20-13-5-7-16(24)22(10-13)17-14-8-12(9-19)4-6-15(14)25-18(2,3)21-17/h4-8,10H,1-3H3,(H,20,23). The summed E-state index contributed by atoms with van der Waals surface area (Å²) in [5, 5.41) is 11.8. The number of hydrogen-bond donors (Lipinski definition) is 1. The summed E-state index contributed by atoms with van der Waals surface area (Å²) >= 11 is 0. The van der Waals surface area contributed by atoms with Crippen molar-refractivity contribution in [1.29, 1.82) is 5.26 Å². The van der Waals surface area contributed by atoms with E-state index in [1.54, 1.807) is 32.0 Å². The zero-order valence-electron chi connectivity index (χ0n) is 14.0. The molecule has 0 bridgehead atoms. The molecule has 126 valence electrons. The van der Waals surface area contributed by atoms with Gasteiger partial charge in [0, 0.05) is 19.2 Å². The van der Waals surface area contributed by atoms with E-state index < -0.39 is 5.72 Å². The van der Waals surface area contributed by atoms with Crippen LogP contribution in [0.25, 0.3) is 0 Å². The Labute approximate surface area is 144 Å². The third kappa shape index (κ3) is 3.28. The van der Waals surface area contributed by atoms with E-state index in [9.17, 15) is 9.59 Å². The van der Waals surface area contributed by atoms with Crippen molar-refractivity contribution < 1.29 is 9.53 Å². The van der Waals surface area contributed by atoms with Crippen molar-refractivity contribution >= 4 is 17.4 Å². The quantitative estimate of drug-likeness (QED) is 0.862. The lowest BCUT2D eigenvalue weighted by atomic mass is 10.1. The molecule has 0 radical (unpaired) electrons. The van der Waals surface area contributed by atoms with Gasteiger partial charge >= 0.3 is 0 Å². The van der Waals surface area contributed by atoms with Crippen LogP contribution in [-0.2, 0) is 4.79 Å². The molecule has 1 aromatic carbocycles. The van der Waals surface area contributed by atoms with E-state index in [1.807, 2.05) is 0 Å². The first-order valence-electron chi connectivity index (χ1n) is 7.63. The Balaban J connectivity index is 2.22. The number of carbonyl (C=O) groups excluding carboxylic acids is 1. The minimum Gasteiger partial charge on any atom is -0.466 e. The maximum Gasteiger partial charge on any atom is 0.256 e. The third-order valence-corrected chi connectivity index (χ3v) is 3.54. The number of anilines is 1. The fourth-order valence-corrected chi connectivity index (χ4v) is 2.58. The average Bonchev–Trinajstić information content (AvgIpc) is 2.54. The van der Waals surface area contributed by atoms with Gasteiger partial charge in [0.25, 0.3) is 5.56 Å². The van der Waals surface area contributed by atoms with Crippen molar-refractivity contribution in [3.05, 3.63) is 58.0 Å². The SMILES string of the molecule is CC(=O)Nc1ccc(=O)n(C2=NC(C)(C)Oc3ccc(C#N)cc32)c1. The van der Waals surface area contributed by atoms with Gasteiger partial charge in [-0.25, -0.2) is 4.99 Å². The Bertz CT molecular complexity index is 996. The number of fused-ring (bicyclic) bond motifs is 1. The fourth-order valence-electron chi connectivity index (χ4n) is 2.58. The Morgan fingerprint density at radius 2 is 2.08 bits per heavy atom. The summed E-state index contributed by atoms with van der Waals surface area (Å²) in [5.74, 6) is 0.651. The van der Waals surface area contributed by atoms with E-state index in [-0.39, 0.29) is 11.5 Å². The molecule has 1 N–H and O–H groups in total. The summed E-state index contributed by atoms with van der Waals surface area (Å²) in [5.41, 5.74) is 0.261. The first kappa shape index (κ1) is 16.5. The number of pyridine rings is 1. The number of nitrogens with one attached hydrogen (secondary N) is 1. The van der Waals surface area contributed by atoms with Crippen LogP contribution in [0, 0.1) is 11.3 Å². The van der Waals surface area contributed by atoms with Crippen molar-refractivity contribution in [2.75, 3.05) is 5.32 Å². The number of amides is 1. The van der Waals surface area contributed by atoms with Gasteiger partial charge in [-0.15, -0.1) is 0 Å². The molecule has 2 heterocycles. The molecule has 0 spiro atoms. The Morgan fingerprint density at radius 3 is 2.76 bits per heavy atom. The molecule has 2 aromatic rings. The molecule has 25 heavy (non-hydrogen) atoms. The van der Waals surface area contributed by atoms with Gasteiger partial charge in [0.2, 0.25) is 5.91 Å². The van der Waals surface area contributed by atoms with E-state index in [0.29, 0.717) is 28.4 Å². The molecule has 0 aliphatic carbocycles. The molecule has 7 heteroatoms. The lowest BCUT2D eigenvalue weighted by Gasteiger charge is -2.30. The molecule has 1 aromatic heterocycles.